The maximum Gasteiger partial charge on any atom is 0.270 e. The van der Waals surface area contributed by atoms with Gasteiger partial charge in [-0.2, -0.15) is 0 Å². The third kappa shape index (κ3) is 6.33. The number of carbonyl (C=O) groups excluding carboxylic acids is 2. The number of halogens is 2. The molecule has 39 heavy (non-hydrogen) atoms. The fourth-order valence-electron chi connectivity index (χ4n) is 4.11. The van der Waals surface area contributed by atoms with Crippen LogP contribution in [-0.4, -0.2) is 24.0 Å². The van der Waals surface area contributed by atoms with Gasteiger partial charge in [-0.05, 0) is 84.2 Å². The summed E-state index contributed by atoms with van der Waals surface area (Å²) in [5, 5.41) is 3.54. The molecule has 6 nitrogen and oxygen atoms in total. The van der Waals surface area contributed by atoms with Crippen LogP contribution in [0.1, 0.15) is 29.2 Å². The zero-order valence-corrected chi connectivity index (χ0v) is 23.8. The van der Waals surface area contributed by atoms with Crippen LogP contribution in [0.4, 0.5) is 5.69 Å². The molecule has 0 spiro atoms. The number of allylic oxidation sites excluding steroid dienone is 1. The van der Waals surface area contributed by atoms with Crippen LogP contribution in [0.3, 0.4) is 0 Å². The van der Waals surface area contributed by atoms with Gasteiger partial charge in [0.15, 0.2) is 16.6 Å². The Balaban J connectivity index is 1.68. The number of hydrogen-bond donors (Lipinski definition) is 1. The van der Waals surface area contributed by atoms with Crippen LogP contribution in [0.5, 0.6) is 11.5 Å². The Morgan fingerprint density at radius 1 is 1.03 bits per heavy atom. The lowest BCUT2D eigenvalue weighted by atomic mass is 10.0. The maximum atomic E-state index is 13.5. The number of aryl methyl sites for hydroxylation is 1. The number of ether oxygens (including phenoxy) is 2. The van der Waals surface area contributed by atoms with Gasteiger partial charge in [-0.3, -0.25) is 19.8 Å². The van der Waals surface area contributed by atoms with Crippen LogP contribution in [-0.2, 0) is 29.0 Å². The molecule has 0 aromatic heterocycles. The Labute approximate surface area is 242 Å². The second-order valence-electron chi connectivity index (χ2n) is 8.72. The highest BCUT2D eigenvalue weighted by Crippen LogP contribution is 2.36. The summed E-state index contributed by atoms with van der Waals surface area (Å²) in [6.07, 6.45) is 4.58. The summed E-state index contributed by atoms with van der Waals surface area (Å²) in [6.45, 7) is 6.11. The third-order valence-electron chi connectivity index (χ3n) is 6.12. The van der Waals surface area contributed by atoms with Crippen molar-refractivity contribution in [2.24, 2.45) is 0 Å². The smallest absolute Gasteiger partial charge is 0.270 e. The quantitative estimate of drug-likeness (QED) is 0.132. The van der Waals surface area contributed by atoms with Gasteiger partial charge in [0.05, 0.1) is 22.8 Å². The molecule has 1 heterocycles. The molecule has 0 radical (unpaired) electrons. The molecule has 200 valence electrons. The summed E-state index contributed by atoms with van der Waals surface area (Å²) in [4.78, 5) is 27.6. The Morgan fingerprint density at radius 3 is 2.38 bits per heavy atom. The molecule has 0 unspecified atom stereocenters. The molecule has 1 fully saturated rings. The number of anilines is 1. The molecular formula is C30H26Cl2N2O4S. The van der Waals surface area contributed by atoms with Gasteiger partial charge in [-0.15, -0.1) is 6.58 Å². The average molecular weight is 582 g/mol. The molecule has 1 aliphatic heterocycles. The summed E-state index contributed by atoms with van der Waals surface area (Å²) in [7, 11) is 1.52. The molecule has 4 rings (SSSR count). The first-order chi connectivity index (χ1) is 18.7. The Bertz CT molecular complexity index is 1490. The van der Waals surface area contributed by atoms with Crippen molar-refractivity contribution in [2.45, 2.75) is 26.4 Å². The first-order valence-corrected chi connectivity index (χ1v) is 13.3. The van der Waals surface area contributed by atoms with Crippen LogP contribution >= 0.6 is 35.4 Å². The highest BCUT2D eigenvalue weighted by Gasteiger charge is 2.34. The normalized spacial score (nSPS) is 14.4. The maximum absolute atomic E-state index is 13.5. The lowest BCUT2D eigenvalue weighted by Crippen LogP contribution is -2.54. The second-order valence-corrected chi connectivity index (χ2v) is 9.92. The van der Waals surface area contributed by atoms with E-state index in [1.165, 1.54) is 18.1 Å². The molecule has 1 N–H and O–H groups in total. The van der Waals surface area contributed by atoms with Crippen LogP contribution in [0, 0.1) is 0 Å². The lowest BCUT2D eigenvalue weighted by Gasteiger charge is -2.29. The number of benzene rings is 3. The minimum absolute atomic E-state index is 0.0300. The summed E-state index contributed by atoms with van der Waals surface area (Å²) in [5.41, 5.74) is 3.82. The van der Waals surface area contributed by atoms with E-state index in [4.69, 9.17) is 44.9 Å². The Hall–Kier alpha value is -3.65. The van der Waals surface area contributed by atoms with E-state index in [1.807, 2.05) is 43.3 Å². The molecule has 3 aromatic rings. The molecule has 9 heteroatoms. The van der Waals surface area contributed by atoms with Gasteiger partial charge in [-0.25, -0.2) is 0 Å². The predicted octanol–water partition coefficient (Wildman–Crippen LogP) is 6.70. The van der Waals surface area contributed by atoms with E-state index in [-0.39, 0.29) is 17.3 Å². The highest BCUT2D eigenvalue weighted by atomic mass is 35.5. The number of carbonyl (C=O) groups is 2. The van der Waals surface area contributed by atoms with E-state index >= 15 is 0 Å². The van der Waals surface area contributed by atoms with Gasteiger partial charge >= 0.3 is 0 Å². The first-order valence-electron chi connectivity index (χ1n) is 12.1. The van der Waals surface area contributed by atoms with Crippen molar-refractivity contribution in [1.82, 2.24) is 5.32 Å². The van der Waals surface area contributed by atoms with Gasteiger partial charge in [0, 0.05) is 5.56 Å². The minimum atomic E-state index is -0.574. The zero-order chi connectivity index (χ0) is 28.1. The second kappa shape index (κ2) is 12.5. The number of nitrogens with one attached hydrogen (secondary N) is 1. The van der Waals surface area contributed by atoms with Crippen molar-refractivity contribution in [3.63, 3.8) is 0 Å². The standard InChI is InChI=1S/C30H26Cl2N2O4S/c1-4-6-21-13-20(16-26(37-3)27(21)38-17-19-9-12-24(31)25(32)15-19)14-23-28(35)33-30(39)34(29(23)36)22-10-7-18(5-2)8-11-22/h4,7-16H,1,5-6,17H2,2-3H3,(H,33,35,39)/b23-14+. The van der Waals surface area contributed by atoms with Gasteiger partial charge in [0.1, 0.15) is 12.2 Å². The molecule has 2 amide bonds. The zero-order valence-electron chi connectivity index (χ0n) is 21.4. The van der Waals surface area contributed by atoms with Crippen molar-refractivity contribution < 1.29 is 19.1 Å². The monoisotopic (exact) mass is 580 g/mol. The first kappa shape index (κ1) is 28.4. The van der Waals surface area contributed by atoms with Crippen molar-refractivity contribution in [1.29, 1.82) is 0 Å². The number of thiocarbonyl (C=S) groups is 1. The fraction of sp³-hybridized carbons (Fsp3) is 0.167. The topological polar surface area (TPSA) is 67.9 Å². The SMILES string of the molecule is C=CCc1cc(/C=C2\C(=O)NC(=S)N(c3ccc(CC)cc3)C2=O)cc(OC)c1OCc1ccc(Cl)c(Cl)c1. The molecule has 1 saturated heterocycles. The fourth-order valence-corrected chi connectivity index (χ4v) is 4.72. The summed E-state index contributed by atoms with van der Waals surface area (Å²) >= 11 is 17.5. The van der Waals surface area contributed by atoms with Crippen LogP contribution in [0.15, 0.2) is 72.8 Å². The lowest BCUT2D eigenvalue weighted by molar-refractivity contribution is -0.122. The molecule has 3 aromatic carbocycles. The largest absolute Gasteiger partial charge is 0.493 e. The summed E-state index contributed by atoms with van der Waals surface area (Å²) in [6, 6.07) is 16.3. The summed E-state index contributed by atoms with van der Waals surface area (Å²) in [5.74, 6) is -0.135. The van der Waals surface area contributed by atoms with Gasteiger partial charge < -0.3 is 9.47 Å². The van der Waals surface area contributed by atoms with Gasteiger partial charge in [0.2, 0.25) is 0 Å². The van der Waals surface area contributed by atoms with Crippen molar-refractivity contribution in [3.8, 4) is 11.5 Å². The van der Waals surface area contributed by atoms with Crippen molar-refractivity contribution in [3.05, 3.63) is 105 Å². The third-order valence-corrected chi connectivity index (χ3v) is 7.14. The molecule has 1 aliphatic rings. The highest BCUT2D eigenvalue weighted by molar-refractivity contribution is 7.80. The van der Waals surface area contributed by atoms with Crippen molar-refractivity contribution >= 4 is 64.1 Å². The average Bonchev–Trinajstić information content (AvgIpc) is 2.92. The van der Waals surface area contributed by atoms with Crippen LogP contribution in [0.2, 0.25) is 10.0 Å². The molecule has 0 atom stereocenters. The molecular weight excluding hydrogens is 555 g/mol. The predicted molar refractivity (Wildman–Crippen MR) is 160 cm³/mol. The number of amides is 2. The number of rotatable bonds is 9. The van der Waals surface area contributed by atoms with Crippen molar-refractivity contribution in [2.75, 3.05) is 12.0 Å². The molecule has 0 bridgehead atoms. The van der Waals surface area contributed by atoms with E-state index in [0.717, 1.165) is 23.1 Å². The van der Waals surface area contributed by atoms with E-state index in [1.54, 1.807) is 24.3 Å². The number of hydrogen-bond acceptors (Lipinski definition) is 5. The molecule has 0 aliphatic carbocycles. The van der Waals surface area contributed by atoms with E-state index in [9.17, 15) is 9.59 Å². The van der Waals surface area contributed by atoms with Crippen LogP contribution in [0.25, 0.3) is 6.08 Å². The van der Waals surface area contributed by atoms with Crippen LogP contribution < -0.4 is 19.7 Å². The Kier molecular flexibility index (Phi) is 9.07. The van der Waals surface area contributed by atoms with Gasteiger partial charge in [-0.1, -0.05) is 54.4 Å². The van der Waals surface area contributed by atoms with E-state index < -0.39 is 11.8 Å². The van der Waals surface area contributed by atoms with E-state index in [0.29, 0.717) is 39.2 Å². The molecule has 0 saturated carbocycles. The Morgan fingerprint density at radius 2 is 1.74 bits per heavy atom. The van der Waals surface area contributed by atoms with E-state index in [2.05, 4.69) is 11.9 Å². The number of methoxy groups -OCH3 is 1. The van der Waals surface area contributed by atoms with Gasteiger partial charge in [0.25, 0.3) is 11.8 Å². The minimum Gasteiger partial charge on any atom is -0.493 e. The summed E-state index contributed by atoms with van der Waals surface area (Å²) < 4.78 is 11.7. The number of nitrogens with zero attached hydrogens (tertiary/aromatic N) is 1.